The highest BCUT2D eigenvalue weighted by Crippen LogP contribution is 2.28. The number of esters is 1. The number of urea groups is 1. The van der Waals surface area contributed by atoms with Gasteiger partial charge in [-0.1, -0.05) is 0 Å². The van der Waals surface area contributed by atoms with Crippen LogP contribution in [0.1, 0.15) is 22.8 Å². The molecule has 8 nitrogen and oxygen atoms in total. The molecule has 1 atom stereocenters. The summed E-state index contributed by atoms with van der Waals surface area (Å²) in [5.74, 6) is -2.63. The number of nitrogens with one attached hydrogen (secondary N) is 3. The van der Waals surface area contributed by atoms with Gasteiger partial charge >= 0.3 is 18.2 Å². The Morgan fingerprint density at radius 1 is 1.12 bits per heavy atom. The molecule has 0 saturated carbocycles. The molecule has 1 aromatic rings. The average Bonchev–Trinajstić information content (AvgIpc) is 2.58. The molecule has 0 aromatic heterocycles. The fourth-order valence-electron chi connectivity index (χ4n) is 1.63. The van der Waals surface area contributed by atoms with Gasteiger partial charge in [-0.2, -0.15) is 13.2 Å². The third-order valence-corrected chi connectivity index (χ3v) is 3.01. The van der Waals surface area contributed by atoms with Crippen LogP contribution in [-0.4, -0.2) is 43.5 Å². The van der Waals surface area contributed by atoms with Crippen LogP contribution in [0.2, 0.25) is 0 Å². The molecule has 11 heteroatoms. The molecule has 1 rings (SSSR count). The minimum absolute atomic E-state index is 0.0868. The molecule has 0 radical (unpaired) electrons. The molecule has 1 aromatic carbocycles. The minimum Gasteiger partial charge on any atom is -0.451 e. The summed E-state index contributed by atoms with van der Waals surface area (Å²) in [5.41, 5.74) is -0.999. The molecule has 0 spiro atoms. The first kappa shape index (κ1) is 20.9. The number of imide groups is 1. The quantitative estimate of drug-likeness (QED) is 0.660. The van der Waals surface area contributed by atoms with Crippen molar-refractivity contribution in [1.82, 2.24) is 16.0 Å². The lowest BCUT2D eigenvalue weighted by atomic mass is 10.1. The number of benzene rings is 1. The second kappa shape index (κ2) is 8.83. The number of halogens is 3. The lowest BCUT2D eigenvalue weighted by molar-refractivity contribution is -0.153. The molecule has 0 unspecified atom stereocenters. The van der Waals surface area contributed by atoms with Crippen LogP contribution in [0.3, 0.4) is 0 Å². The summed E-state index contributed by atoms with van der Waals surface area (Å²) < 4.78 is 42.0. The van der Waals surface area contributed by atoms with Crippen LogP contribution in [-0.2, 0) is 20.5 Å². The molecular weight excluding hydrogens is 359 g/mol. The highest BCUT2D eigenvalue weighted by atomic mass is 19.4. The Morgan fingerprint density at radius 3 is 2.19 bits per heavy atom. The van der Waals surface area contributed by atoms with E-state index in [2.05, 4.69) is 10.6 Å². The zero-order valence-electron chi connectivity index (χ0n) is 13.8. The largest absolute Gasteiger partial charge is 0.451 e. The van der Waals surface area contributed by atoms with E-state index in [-0.39, 0.29) is 5.56 Å². The van der Waals surface area contributed by atoms with Gasteiger partial charge in [-0.15, -0.1) is 0 Å². The van der Waals surface area contributed by atoms with Crippen molar-refractivity contribution < 1.29 is 37.1 Å². The Labute approximate surface area is 146 Å². The molecule has 3 N–H and O–H groups in total. The smallest absolute Gasteiger partial charge is 0.416 e. The Kier molecular flexibility index (Phi) is 7.11. The molecule has 0 fully saturated rings. The number of ether oxygens (including phenoxy) is 1. The number of rotatable bonds is 5. The SMILES string of the molecule is CNC(=O)NC(=O)[C@@H](C)OC(=O)CNC(=O)c1ccc(C(F)(F)F)cc1. The summed E-state index contributed by atoms with van der Waals surface area (Å²) in [7, 11) is 1.29. The lowest BCUT2D eigenvalue weighted by Crippen LogP contribution is -2.44. The van der Waals surface area contributed by atoms with Crippen molar-refractivity contribution in [3.63, 3.8) is 0 Å². The van der Waals surface area contributed by atoms with Gasteiger partial charge < -0.3 is 15.4 Å². The summed E-state index contributed by atoms with van der Waals surface area (Å²) >= 11 is 0. The second-order valence-corrected chi connectivity index (χ2v) is 4.96. The molecule has 0 aliphatic carbocycles. The highest BCUT2D eigenvalue weighted by Gasteiger charge is 2.30. The van der Waals surface area contributed by atoms with Gasteiger partial charge in [0.1, 0.15) is 6.54 Å². The predicted molar refractivity (Wildman–Crippen MR) is 81.9 cm³/mol. The molecule has 0 bridgehead atoms. The van der Waals surface area contributed by atoms with E-state index in [4.69, 9.17) is 4.74 Å². The van der Waals surface area contributed by atoms with Crippen LogP contribution < -0.4 is 16.0 Å². The van der Waals surface area contributed by atoms with Gasteiger partial charge in [-0.25, -0.2) is 4.79 Å². The van der Waals surface area contributed by atoms with E-state index in [0.29, 0.717) is 0 Å². The maximum Gasteiger partial charge on any atom is 0.416 e. The average molecular weight is 375 g/mol. The van der Waals surface area contributed by atoms with Gasteiger partial charge in [0, 0.05) is 12.6 Å². The standard InChI is InChI=1S/C15H16F3N3O5/c1-8(12(23)21-14(25)19-2)26-11(22)7-20-13(24)9-3-5-10(6-4-9)15(16,17)18/h3-6,8H,7H2,1-2H3,(H,20,24)(H2,19,21,23,25)/t8-/m1/s1. The summed E-state index contributed by atoms with van der Waals surface area (Å²) in [6, 6.07) is 2.61. The molecule has 0 saturated heterocycles. The molecule has 0 heterocycles. The first-order valence-electron chi connectivity index (χ1n) is 7.22. The number of hydrogen-bond donors (Lipinski definition) is 3. The Bertz CT molecular complexity index is 689. The van der Waals surface area contributed by atoms with Crippen molar-refractivity contribution in [3.05, 3.63) is 35.4 Å². The molecule has 142 valence electrons. The van der Waals surface area contributed by atoms with Crippen LogP contribution >= 0.6 is 0 Å². The van der Waals surface area contributed by atoms with Crippen molar-refractivity contribution in [2.24, 2.45) is 0 Å². The summed E-state index contributed by atoms with van der Waals surface area (Å²) in [4.78, 5) is 45.8. The second-order valence-electron chi connectivity index (χ2n) is 4.96. The molecular formula is C15H16F3N3O5. The first-order chi connectivity index (χ1) is 12.0. The van der Waals surface area contributed by atoms with Gasteiger partial charge in [-0.3, -0.25) is 19.7 Å². The van der Waals surface area contributed by atoms with E-state index in [9.17, 15) is 32.3 Å². The van der Waals surface area contributed by atoms with E-state index >= 15 is 0 Å². The number of amides is 4. The van der Waals surface area contributed by atoms with Crippen molar-refractivity contribution in [1.29, 1.82) is 0 Å². The van der Waals surface area contributed by atoms with Gasteiger partial charge in [0.2, 0.25) is 0 Å². The zero-order valence-corrected chi connectivity index (χ0v) is 13.8. The van der Waals surface area contributed by atoms with Crippen molar-refractivity contribution in [2.45, 2.75) is 19.2 Å². The van der Waals surface area contributed by atoms with E-state index in [1.54, 1.807) is 0 Å². The van der Waals surface area contributed by atoms with Crippen LogP contribution in [0.5, 0.6) is 0 Å². The number of hydrogen-bond acceptors (Lipinski definition) is 5. The van der Waals surface area contributed by atoms with Gasteiger partial charge in [-0.05, 0) is 31.2 Å². The van der Waals surface area contributed by atoms with Crippen LogP contribution in [0, 0.1) is 0 Å². The number of carbonyl (C=O) groups excluding carboxylic acids is 4. The van der Waals surface area contributed by atoms with Crippen molar-refractivity contribution >= 4 is 23.8 Å². The van der Waals surface area contributed by atoms with Crippen molar-refractivity contribution in [2.75, 3.05) is 13.6 Å². The molecule has 26 heavy (non-hydrogen) atoms. The van der Waals surface area contributed by atoms with E-state index in [0.717, 1.165) is 24.3 Å². The zero-order chi connectivity index (χ0) is 19.9. The predicted octanol–water partition coefficient (Wildman–Crippen LogP) is 0.822. The summed E-state index contributed by atoms with van der Waals surface area (Å²) in [6.07, 6.45) is -5.81. The first-order valence-corrected chi connectivity index (χ1v) is 7.22. The Morgan fingerprint density at radius 2 is 1.69 bits per heavy atom. The molecule has 0 aliphatic rings. The molecule has 0 aliphatic heterocycles. The maximum absolute atomic E-state index is 12.4. The topological polar surface area (TPSA) is 114 Å². The van der Waals surface area contributed by atoms with E-state index in [1.165, 1.54) is 14.0 Å². The normalized spacial score (nSPS) is 11.9. The van der Waals surface area contributed by atoms with Gasteiger partial charge in [0.25, 0.3) is 11.8 Å². The Hall–Kier alpha value is -3.11. The van der Waals surface area contributed by atoms with Gasteiger partial charge in [0.15, 0.2) is 6.10 Å². The monoisotopic (exact) mass is 375 g/mol. The van der Waals surface area contributed by atoms with Crippen LogP contribution in [0.4, 0.5) is 18.0 Å². The third-order valence-electron chi connectivity index (χ3n) is 3.01. The maximum atomic E-state index is 12.4. The fraction of sp³-hybridized carbons (Fsp3) is 0.333. The third kappa shape index (κ3) is 6.42. The fourth-order valence-corrected chi connectivity index (χ4v) is 1.63. The van der Waals surface area contributed by atoms with Crippen LogP contribution in [0.15, 0.2) is 24.3 Å². The summed E-state index contributed by atoms with van der Waals surface area (Å²) in [6.45, 7) is 0.602. The van der Waals surface area contributed by atoms with E-state index in [1.807, 2.05) is 5.32 Å². The van der Waals surface area contributed by atoms with E-state index < -0.39 is 48.2 Å². The van der Waals surface area contributed by atoms with Crippen LogP contribution in [0.25, 0.3) is 0 Å². The summed E-state index contributed by atoms with van der Waals surface area (Å²) in [5, 5.41) is 6.18. The minimum atomic E-state index is -4.52. The highest BCUT2D eigenvalue weighted by molar-refractivity contribution is 5.98. The molecule has 4 amide bonds. The number of carbonyl (C=O) groups is 4. The lowest BCUT2D eigenvalue weighted by Gasteiger charge is -2.13. The number of alkyl halides is 3. The van der Waals surface area contributed by atoms with Gasteiger partial charge in [0.05, 0.1) is 5.56 Å². The Balaban J connectivity index is 2.50. The van der Waals surface area contributed by atoms with Crippen molar-refractivity contribution in [3.8, 4) is 0 Å².